The smallest absolute Gasteiger partial charge is 0.303 e. The molecule has 3 aromatic rings. The molecule has 29 heavy (non-hydrogen) atoms. The quantitative estimate of drug-likeness (QED) is 0.604. The fourth-order valence-corrected chi connectivity index (χ4v) is 2.94. The van der Waals surface area contributed by atoms with Crippen molar-refractivity contribution in [1.29, 1.82) is 0 Å². The number of hydrogen-bond donors (Lipinski definition) is 2. The van der Waals surface area contributed by atoms with Gasteiger partial charge in [-0.3, -0.25) is 9.59 Å². The Morgan fingerprint density at radius 2 is 1.93 bits per heavy atom. The maximum atomic E-state index is 13.2. The van der Waals surface area contributed by atoms with Crippen LogP contribution in [0.15, 0.2) is 48.5 Å². The minimum absolute atomic E-state index is 0.00835. The number of tetrazole rings is 1. The van der Waals surface area contributed by atoms with Crippen molar-refractivity contribution in [3.05, 3.63) is 71.3 Å². The molecule has 1 unspecified atom stereocenters. The number of hydrogen-bond acceptors (Lipinski definition) is 5. The van der Waals surface area contributed by atoms with Crippen molar-refractivity contribution in [2.75, 3.05) is 5.32 Å². The van der Waals surface area contributed by atoms with Gasteiger partial charge in [0.2, 0.25) is 5.91 Å². The Balaban J connectivity index is 1.80. The molecule has 0 fully saturated rings. The van der Waals surface area contributed by atoms with Crippen molar-refractivity contribution in [3.63, 3.8) is 0 Å². The number of nitrogens with one attached hydrogen (secondary N) is 1. The molecule has 8 nitrogen and oxygen atoms in total. The van der Waals surface area contributed by atoms with Crippen LogP contribution in [-0.2, 0) is 22.4 Å². The number of benzene rings is 2. The molecule has 0 bridgehead atoms. The van der Waals surface area contributed by atoms with Crippen molar-refractivity contribution in [1.82, 2.24) is 20.2 Å². The van der Waals surface area contributed by atoms with Gasteiger partial charge in [-0.1, -0.05) is 24.3 Å². The van der Waals surface area contributed by atoms with E-state index in [2.05, 4.69) is 20.8 Å². The zero-order chi connectivity index (χ0) is 20.8. The van der Waals surface area contributed by atoms with Gasteiger partial charge < -0.3 is 10.4 Å². The normalized spacial score (nSPS) is 11.8. The molecule has 1 heterocycles. The van der Waals surface area contributed by atoms with Gasteiger partial charge in [0.15, 0.2) is 0 Å². The number of carboxylic acids is 1. The number of carboxylic acid groups (broad SMARTS) is 1. The van der Waals surface area contributed by atoms with Crippen LogP contribution in [0.25, 0.3) is 0 Å². The summed E-state index contributed by atoms with van der Waals surface area (Å²) in [6, 6.07) is 12.2. The summed E-state index contributed by atoms with van der Waals surface area (Å²) in [4.78, 5) is 23.8. The summed E-state index contributed by atoms with van der Waals surface area (Å²) in [6.45, 7) is 1.69. The zero-order valence-electron chi connectivity index (χ0n) is 15.7. The number of nitrogens with zero attached hydrogens (tertiary/aromatic N) is 4. The second kappa shape index (κ2) is 9.05. The van der Waals surface area contributed by atoms with E-state index in [0.29, 0.717) is 17.9 Å². The van der Waals surface area contributed by atoms with E-state index in [9.17, 15) is 14.0 Å². The van der Waals surface area contributed by atoms with Crippen LogP contribution < -0.4 is 5.32 Å². The van der Waals surface area contributed by atoms with E-state index >= 15 is 0 Å². The van der Waals surface area contributed by atoms with Crippen molar-refractivity contribution in [2.45, 2.75) is 32.2 Å². The second-order valence-electron chi connectivity index (χ2n) is 6.60. The largest absolute Gasteiger partial charge is 0.481 e. The van der Waals surface area contributed by atoms with E-state index in [4.69, 9.17) is 5.11 Å². The predicted molar refractivity (Wildman–Crippen MR) is 103 cm³/mol. The van der Waals surface area contributed by atoms with Crippen molar-refractivity contribution < 1.29 is 19.1 Å². The Labute approximate surface area is 166 Å². The van der Waals surface area contributed by atoms with E-state index in [1.165, 1.54) is 16.8 Å². The molecule has 0 spiro atoms. The Bertz CT molecular complexity index is 1000. The summed E-state index contributed by atoms with van der Waals surface area (Å²) >= 11 is 0. The first-order valence-electron chi connectivity index (χ1n) is 9.03. The molecule has 0 aliphatic heterocycles. The van der Waals surface area contributed by atoms with Gasteiger partial charge in [-0.05, 0) is 59.2 Å². The Kier molecular flexibility index (Phi) is 6.28. The molecular weight excluding hydrogens is 377 g/mol. The molecule has 0 saturated heterocycles. The molecule has 0 aliphatic carbocycles. The first kappa shape index (κ1) is 20.1. The molecule has 3 rings (SSSR count). The Morgan fingerprint density at radius 1 is 1.17 bits per heavy atom. The molecule has 2 aromatic carbocycles. The summed E-state index contributed by atoms with van der Waals surface area (Å²) in [6.07, 6.45) is 0.648. The monoisotopic (exact) mass is 397 g/mol. The molecule has 1 amide bonds. The summed E-state index contributed by atoms with van der Waals surface area (Å²) in [7, 11) is 0. The van der Waals surface area contributed by atoms with E-state index in [0.717, 1.165) is 11.1 Å². The van der Waals surface area contributed by atoms with Crippen LogP contribution in [-0.4, -0.2) is 37.2 Å². The van der Waals surface area contributed by atoms with Gasteiger partial charge in [0.1, 0.15) is 17.7 Å². The number of rotatable bonds is 8. The van der Waals surface area contributed by atoms with Crippen LogP contribution in [0.5, 0.6) is 0 Å². The fraction of sp³-hybridized carbons (Fsp3) is 0.250. The minimum Gasteiger partial charge on any atom is -0.481 e. The standard InChI is InChI=1S/C20H20FN5O3/c1-13-23-24-25-26(13)18(12-15-5-8-16(21)9-6-15)20(29)22-17-4-2-3-14(11-17)7-10-19(27)28/h2-6,8-9,11,18H,7,10,12H2,1H3,(H,22,29)(H,27,28). The van der Waals surface area contributed by atoms with Crippen LogP contribution in [0.2, 0.25) is 0 Å². The van der Waals surface area contributed by atoms with Gasteiger partial charge in [-0.2, -0.15) is 0 Å². The first-order chi connectivity index (χ1) is 13.9. The summed E-state index contributed by atoms with van der Waals surface area (Å²) < 4.78 is 14.6. The molecule has 0 saturated carbocycles. The highest BCUT2D eigenvalue weighted by Gasteiger charge is 2.24. The summed E-state index contributed by atoms with van der Waals surface area (Å²) in [5.41, 5.74) is 2.11. The van der Waals surface area contributed by atoms with Crippen molar-refractivity contribution in [3.8, 4) is 0 Å². The van der Waals surface area contributed by atoms with E-state index < -0.39 is 12.0 Å². The predicted octanol–water partition coefficient (Wildman–Crippen LogP) is 2.56. The average Bonchev–Trinajstić information content (AvgIpc) is 3.11. The van der Waals surface area contributed by atoms with Crippen LogP contribution in [0, 0.1) is 12.7 Å². The molecule has 9 heteroatoms. The van der Waals surface area contributed by atoms with Crippen LogP contribution >= 0.6 is 0 Å². The van der Waals surface area contributed by atoms with E-state index in [1.807, 2.05) is 0 Å². The number of amides is 1. The maximum Gasteiger partial charge on any atom is 0.303 e. The topological polar surface area (TPSA) is 110 Å². The molecule has 1 atom stereocenters. The third-order valence-electron chi connectivity index (χ3n) is 4.42. The first-order valence-corrected chi connectivity index (χ1v) is 9.03. The fourth-order valence-electron chi connectivity index (χ4n) is 2.94. The number of aliphatic carboxylic acids is 1. The number of halogens is 1. The van der Waals surface area contributed by atoms with Gasteiger partial charge in [0, 0.05) is 18.5 Å². The lowest BCUT2D eigenvalue weighted by Gasteiger charge is -2.18. The Morgan fingerprint density at radius 3 is 2.59 bits per heavy atom. The Hall–Kier alpha value is -3.62. The molecule has 0 aliphatic rings. The third kappa shape index (κ3) is 5.44. The minimum atomic E-state index is -0.882. The lowest BCUT2D eigenvalue weighted by atomic mass is 10.0. The highest BCUT2D eigenvalue weighted by molar-refractivity contribution is 5.94. The lowest BCUT2D eigenvalue weighted by molar-refractivity contribution is -0.137. The average molecular weight is 397 g/mol. The molecule has 1 aromatic heterocycles. The van der Waals surface area contributed by atoms with E-state index in [-0.39, 0.29) is 24.6 Å². The van der Waals surface area contributed by atoms with Gasteiger partial charge in [-0.15, -0.1) is 5.10 Å². The maximum absolute atomic E-state index is 13.2. The number of aromatic nitrogens is 4. The third-order valence-corrected chi connectivity index (χ3v) is 4.42. The highest BCUT2D eigenvalue weighted by Crippen LogP contribution is 2.19. The zero-order valence-corrected chi connectivity index (χ0v) is 15.7. The number of aryl methyl sites for hydroxylation is 2. The molecule has 2 N–H and O–H groups in total. The van der Waals surface area contributed by atoms with E-state index in [1.54, 1.807) is 43.3 Å². The summed E-state index contributed by atoms with van der Waals surface area (Å²) in [5, 5.41) is 23.0. The highest BCUT2D eigenvalue weighted by atomic mass is 19.1. The molecule has 150 valence electrons. The van der Waals surface area contributed by atoms with Crippen molar-refractivity contribution >= 4 is 17.6 Å². The van der Waals surface area contributed by atoms with Gasteiger partial charge in [-0.25, -0.2) is 9.07 Å². The second-order valence-corrected chi connectivity index (χ2v) is 6.60. The molecular formula is C20H20FN5O3. The summed E-state index contributed by atoms with van der Waals surface area (Å²) in [5.74, 6) is -1.10. The molecule has 0 radical (unpaired) electrons. The van der Waals surface area contributed by atoms with Crippen LogP contribution in [0.4, 0.5) is 10.1 Å². The number of carbonyl (C=O) groups excluding carboxylic acids is 1. The SMILES string of the molecule is Cc1nnnn1C(Cc1ccc(F)cc1)C(=O)Nc1cccc(CCC(=O)O)c1. The number of anilines is 1. The van der Waals surface area contributed by atoms with Crippen LogP contribution in [0.1, 0.15) is 29.4 Å². The van der Waals surface area contributed by atoms with Gasteiger partial charge in [0.25, 0.3) is 0 Å². The van der Waals surface area contributed by atoms with Crippen molar-refractivity contribution in [2.24, 2.45) is 0 Å². The van der Waals surface area contributed by atoms with Gasteiger partial charge >= 0.3 is 5.97 Å². The van der Waals surface area contributed by atoms with Gasteiger partial charge in [0.05, 0.1) is 0 Å². The number of carbonyl (C=O) groups is 2. The lowest BCUT2D eigenvalue weighted by Crippen LogP contribution is -2.29. The van der Waals surface area contributed by atoms with Crippen LogP contribution in [0.3, 0.4) is 0 Å².